The van der Waals surface area contributed by atoms with Crippen LogP contribution >= 0.6 is 0 Å². The number of hydrogen-bond donors (Lipinski definition) is 2. The summed E-state index contributed by atoms with van der Waals surface area (Å²) < 4.78 is 42.1. The number of carboxylic acid groups (broad SMARTS) is 1. The van der Waals surface area contributed by atoms with E-state index in [0.717, 1.165) is 19.3 Å². The Kier molecular flexibility index (Phi) is 11.1. The van der Waals surface area contributed by atoms with Gasteiger partial charge in [0.15, 0.2) is 0 Å². The lowest BCUT2D eigenvalue weighted by atomic mass is 10.0. The normalized spacial score (nSPS) is 13.8. The van der Waals surface area contributed by atoms with Crippen LogP contribution in [0.3, 0.4) is 0 Å². The zero-order valence-electron chi connectivity index (χ0n) is 16.3. The maximum absolute atomic E-state index is 12.8. The summed E-state index contributed by atoms with van der Waals surface area (Å²) in [6.45, 7) is 0.0682. The Morgan fingerprint density at radius 2 is 1.64 bits per heavy atom. The molecule has 0 fully saturated rings. The Labute approximate surface area is 166 Å². The molecule has 0 aromatic heterocycles. The van der Waals surface area contributed by atoms with Crippen molar-refractivity contribution < 1.29 is 32.6 Å². The van der Waals surface area contributed by atoms with Crippen LogP contribution in [0.4, 0.5) is 4.39 Å². The van der Waals surface area contributed by atoms with Crippen LogP contribution in [0.25, 0.3) is 0 Å². The van der Waals surface area contributed by atoms with Gasteiger partial charge in [0, 0.05) is 12.7 Å². The summed E-state index contributed by atoms with van der Waals surface area (Å²) in [5.41, 5.74) is 0. The lowest BCUT2D eigenvalue weighted by Crippen LogP contribution is -2.22. The lowest BCUT2D eigenvalue weighted by molar-refractivity contribution is -0.137. The highest BCUT2D eigenvalue weighted by atomic mass is 32.2. The Morgan fingerprint density at radius 1 is 1.04 bits per heavy atom. The SMILES string of the molecule is CS(=O)(=O)[C@@H](CCCCCCC(=O)O)CCC[C@H](O)COc1ccc(F)cc1. The van der Waals surface area contributed by atoms with Crippen molar-refractivity contribution in [3.8, 4) is 5.75 Å². The van der Waals surface area contributed by atoms with Crippen LogP contribution < -0.4 is 4.74 Å². The number of carboxylic acids is 1. The van der Waals surface area contributed by atoms with E-state index in [1.165, 1.54) is 30.5 Å². The van der Waals surface area contributed by atoms with E-state index in [1.807, 2.05) is 0 Å². The summed E-state index contributed by atoms with van der Waals surface area (Å²) in [5.74, 6) is -0.699. The van der Waals surface area contributed by atoms with E-state index in [-0.39, 0.29) is 18.8 Å². The van der Waals surface area contributed by atoms with E-state index in [2.05, 4.69) is 0 Å². The molecule has 0 unspecified atom stereocenters. The molecular formula is C20H31FO6S. The van der Waals surface area contributed by atoms with Crippen LogP contribution in [0.1, 0.15) is 57.8 Å². The maximum Gasteiger partial charge on any atom is 0.303 e. The van der Waals surface area contributed by atoms with Gasteiger partial charge in [-0.2, -0.15) is 0 Å². The van der Waals surface area contributed by atoms with Crippen LogP contribution in [0.15, 0.2) is 24.3 Å². The Bertz CT molecular complexity index is 674. The number of carbonyl (C=O) groups is 1. The minimum Gasteiger partial charge on any atom is -0.491 e. The fourth-order valence-electron chi connectivity index (χ4n) is 2.96. The molecule has 1 aromatic rings. The summed E-state index contributed by atoms with van der Waals surface area (Å²) in [6.07, 6.45) is 5.61. The molecule has 160 valence electrons. The molecule has 0 aliphatic rings. The largest absolute Gasteiger partial charge is 0.491 e. The third kappa shape index (κ3) is 11.2. The average molecular weight is 419 g/mol. The van der Waals surface area contributed by atoms with E-state index in [4.69, 9.17) is 9.84 Å². The van der Waals surface area contributed by atoms with Crippen molar-refractivity contribution in [2.45, 2.75) is 69.1 Å². The van der Waals surface area contributed by atoms with Crippen molar-refractivity contribution in [1.82, 2.24) is 0 Å². The Hall–Kier alpha value is -1.67. The molecule has 2 atom stereocenters. The number of aliphatic hydroxyl groups excluding tert-OH is 1. The number of rotatable bonds is 15. The monoisotopic (exact) mass is 418 g/mol. The fourth-order valence-corrected chi connectivity index (χ4v) is 4.15. The highest BCUT2D eigenvalue weighted by Crippen LogP contribution is 2.19. The van der Waals surface area contributed by atoms with Crippen molar-refractivity contribution in [3.05, 3.63) is 30.1 Å². The molecule has 8 heteroatoms. The summed E-state index contributed by atoms with van der Waals surface area (Å²) in [6, 6.07) is 5.52. The van der Waals surface area contributed by atoms with Crippen molar-refractivity contribution in [2.24, 2.45) is 0 Å². The Balaban J connectivity index is 2.26. The quantitative estimate of drug-likeness (QED) is 0.422. The minimum atomic E-state index is -3.17. The molecule has 0 spiro atoms. The zero-order valence-corrected chi connectivity index (χ0v) is 17.2. The lowest BCUT2D eigenvalue weighted by Gasteiger charge is -2.17. The first kappa shape index (κ1) is 24.4. The summed E-state index contributed by atoms with van der Waals surface area (Å²) >= 11 is 0. The van der Waals surface area contributed by atoms with Crippen LogP contribution in [0, 0.1) is 5.82 Å². The number of unbranched alkanes of at least 4 members (excludes halogenated alkanes) is 3. The number of benzene rings is 1. The predicted molar refractivity (Wildman–Crippen MR) is 106 cm³/mol. The number of hydrogen-bond acceptors (Lipinski definition) is 5. The van der Waals surface area contributed by atoms with Gasteiger partial charge in [-0.1, -0.05) is 19.3 Å². The molecule has 0 saturated heterocycles. The fraction of sp³-hybridized carbons (Fsp3) is 0.650. The third-order valence-corrected chi connectivity index (χ3v) is 6.27. The van der Waals surface area contributed by atoms with Gasteiger partial charge in [-0.15, -0.1) is 0 Å². The smallest absolute Gasteiger partial charge is 0.303 e. The van der Waals surface area contributed by atoms with Gasteiger partial charge in [0.25, 0.3) is 0 Å². The molecule has 0 aliphatic carbocycles. The molecule has 0 bridgehead atoms. The predicted octanol–water partition coefficient (Wildman–Crippen LogP) is 3.57. The topological polar surface area (TPSA) is 101 Å². The molecule has 0 aliphatic heterocycles. The van der Waals surface area contributed by atoms with Gasteiger partial charge in [0.1, 0.15) is 28.0 Å². The van der Waals surface area contributed by atoms with Crippen LogP contribution in [-0.4, -0.2) is 48.8 Å². The first-order valence-electron chi connectivity index (χ1n) is 9.65. The molecule has 1 aromatic carbocycles. The van der Waals surface area contributed by atoms with Crippen LogP contribution in [-0.2, 0) is 14.6 Å². The molecule has 1 rings (SSSR count). The molecular weight excluding hydrogens is 387 g/mol. The van der Waals surface area contributed by atoms with E-state index in [9.17, 15) is 22.7 Å². The first-order valence-corrected chi connectivity index (χ1v) is 11.6. The van der Waals surface area contributed by atoms with Crippen molar-refractivity contribution in [3.63, 3.8) is 0 Å². The highest BCUT2D eigenvalue weighted by Gasteiger charge is 2.20. The van der Waals surface area contributed by atoms with E-state index in [1.54, 1.807) is 0 Å². The number of aliphatic hydroxyl groups is 1. The molecule has 6 nitrogen and oxygen atoms in total. The molecule has 0 heterocycles. The van der Waals surface area contributed by atoms with Gasteiger partial charge >= 0.3 is 5.97 Å². The standard InChI is InChI=1S/C20H31FO6S/c1-28(25,26)19(8-4-2-3-5-10-20(23)24)9-6-7-17(22)15-27-18-13-11-16(21)12-14-18/h11-14,17,19,22H,2-10,15H2,1H3,(H,23,24)/t17-,19-/m0/s1. The molecule has 0 saturated carbocycles. The highest BCUT2D eigenvalue weighted by molar-refractivity contribution is 7.91. The molecule has 2 N–H and O–H groups in total. The van der Waals surface area contributed by atoms with Gasteiger partial charge in [-0.25, -0.2) is 12.8 Å². The van der Waals surface area contributed by atoms with Gasteiger partial charge in [-0.3, -0.25) is 4.79 Å². The van der Waals surface area contributed by atoms with Gasteiger partial charge in [-0.05, 0) is 56.4 Å². The second kappa shape index (κ2) is 12.7. The van der Waals surface area contributed by atoms with Crippen molar-refractivity contribution in [2.75, 3.05) is 12.9 Å². The number of halogens is 1. The number of sulfone groups is 1. The first-order chi connectivity index (χ1) is 13.2. The number of aliphatic carboxylic acids is 1. The zero-order chi connectivity index (χ0) is 21.0. The Morgan fingerprint density at radius 3 is 2.25 bits per heavy atom. The molecule has 0 radical (unpaired) electrons. The minimum absolute atomic E-state index is 0.0682. The summed E-state index contributed by atoms with van der Waals surface area (Å²) in [4.78, 5) is 10.5. The van der Waals surface area contributed by atoms with Crippen LogP contribution in [0.5, 0.6) is 5.75 Å². The summed E-state index contributed by atoms with van der Waals surface area (Å²) in [5, 5.41) is 18.2. The third-order valence-electron chi connectivity index (χ3n) is 4.59. The maximum atomic E-state index is 12.8. The second-order valence-electron chi connectivity index (χ2n) is 7.15. The second-order valence-corrected chi connectivity index (χ2v) is 9.47. The van der Waals surface area contributed by atoms with E-state index in [0.29, 0.717) is 37.9 Å². The van der Waals surface area contributed by atoms with Crippen molar-refractivity contribution in [1.29, 1.82) is 0 Å². The average Bonchev–Trinajstić information content (AvgIpc) is 2.61. The van der Waals surface area contributed by atoms with Crippen LogP contribution in [0.2, 0.25) is 0 Å². The van der Waals surface area contributed by atoms with Gasteiger partial charge in [0.05, 0.1) is 11.4 Å². The van der Waals surface area contributed by atoms with Gasteiger partial charge < -0.3 is 14.9 Å². The summed E-state index contributed by atoms with van der Waals surface area (Å²) in [7, 11) is -3.17. The van der Waals surface area contributed by atoms with Crippen molar-refractivity contribution >= 4 is 15.8 Å². The number of ether oxygens (including phenoxy) is 1. The van der Waals surface area contributed by atoms with Gasteiger partial charge in [0.2, 0.25) is 0 Å². The molecule has 0 amide bonds. The van der Waals surface area contributed by atoms with E-state index >= 15 is 0 Å². The molecule has 28 heavy (non-hydrogen) atoms. The van der Waals surface area contributed by atoms with E-state index < -0.39 is 27.2 Å².